The molecule has 0 saturated heterocycles. The van der Waals surface area contributed by atoms with Crippen molar-refractivity contribution < 1.29 is 13.6 Å². The second-order valence-corrected chi connectivity index (χ2v) is 5.94. The van der Waals surface area contributed by atoms with Crippen LogP contribution in [0.2, 0.25) is 0 Å². The van der Waals surface area contributed by atoms with Crippen LogP contribution in [0.4, 0.5) is 14.5 Å². The number of nitrogens with one attached hydrogen (secondary N) is 1. The van der Waals surface area contributed by atoms with Gasteiger partial charge in [-0.1, -0.05) is 29.8 Å². The third-order valence-corrected chi connectivity index (χ3v) is 4.00. The fourth-order valence-corrected chi connectivity index (χ4v) is 2.80. The second kappa shape index (κ2) is 7.30. The van der Waals surface area contributed by atoms with E-state index < -0.39 is 11.6 Å². The largest absolute Gasteiger partial charge is 0.346 e. The molecule has 0 bridgehead atoms. The maximum Gasteiger partial charge on any atom is 0.226 e. The van der Waals surface area contributed by atoms with Gasteiger partial charge in [0.05, 0.1) is 18.2 Å². The predicted molar refractivity (Wildman–Crippen MR) is 93.4 cm³/mol. The molecule has 3 nitrogen and oxygen atoms in total. The van der Waals surface area contributed by atoms with Gasteiger partial charge < -0.3 is 9.88 Å². The average Bonchev–Trinajstić information content (AvgIpc) is 3.10. The smallest absolute Gasteiger partial charge is 0.226 e. The number of amides is 1. The molecule has 0 aliphatic carbocycles. The van der Waals surface area contributed by atoms with Crippen LogP contribution in [0.5, 0.6) is 0 Å². The van der Waals surface area contributed by atoms with Crippen molar-refractivity contribution in [3.8, 4) is 0 Å². The van der Waals surface area contributed by atoms with Gasteiger partial charge in [-0.15, -0.1) is 0 Å². The van der Waals surface area contributed by atoms with E-state index in [1.807, 2.05) is 60.3 Å². The number of anilines is 1. The molecule has 0 radical (unpaired) electrons. The van der Waals surface area contributed by atoms with E-state index in [0.717, 1.165) is 29.3 Å². The summed E-state index contributed by atoms with van der Waals surface area (Å²) in [5, 5.41) is 2.46. The van der Waals surface area contributed by atoms with Crippen LogP contribution in [0, 0.1) is 18.6 Å². The summed E-state index contributed by atoms with van der Waals surface area (Å²) in [5.41, 5.74) is 1.91. The molecule has 0 saturated carbocycles. The Balaban J connectivity index is 1.83. The Kier molecular flexibility index (Phi) is 4.93. The maximum absolute atomic E-state index is 13.7. The van der Waals surface area contributed by atoms with Gasteiger partial charge in [-0.3, -0.25) is 4.79 Å². The first-order chi connectivity index (χ1) is 12.0. The van der Waals surface area contributed by atoms with Crippen molar-refractivity contribution in [2.75, 3.05) is 5.32 Å². The molecule has 5 heteroatoms. The van der Waals surface area contributed by atoms with Gasteiger partial charge in [0, 0.05) is 18.5 Å². The molecule has 3 aromatic rings. The number of benzene rings is 2. The van der Waals surface area contributed by atoms with E-state index in [0.29, 0.717) is 0 Å². The molecular weight excluding hydrogens is 322 g/mol. The molecule has 0 fully saturated rings. The van der Waals surface area contributed by atoms with Gasteiger partial charge >= 0.3 is 0 Å². The SMILES string of the molecule is Cc1cccc(C(CC(=O)Nc2cc(F)ccc2F)n2cccc2)c1. The number of aryl methyl sites for hydroxylation is 1. The number of carbonyl (C=O) groups excluding carboxylic acids is 1. The van der Waals surface area contributed by atoms with Crippen molar-refractivity contribution in [3.63, 3.8) is 0 Å². The van der Waals surface area contributed by atoms with Crippen LogP contribution in [0.15, 0.2) is 67.0 Å². The topological polar surface area (TPSA) is 34.0 Å². The van der Waals surface area contributed by atoms with Crippen LogP contribution in [0.3, 0.4) is 0 Å². The molecule has 1 aromatic heterocycles. The monoisotopic (exact) mass is 340 g/mol. The van der Waals surface area contributed by atoms with E-state index in [2.05, 4.69) is 5.32 Å². The summed E-state index contributed by atoms with van der Waals surface area (Å²) in [7, 11) is 0. The fourth-order valence-electron chi connectivity index (χ4n) is 2.80. The summed E-state index contributed by atoms with van der Waals surface area (Å²) in [6.07, 6.45) is 3.86. The summed E-state index contributed by atoms with van der Waals surface area (Å²) in [5.74, 6) is -1.65. The number of rotatable bonds is 5. The Morgan fingerprint density at radius 3 is 2.56 bits per heavy atom. The zero-order chi connectivity index (χ0) is 17.8. The standard InChI is InChI=1S/C20H18F2N2O/c1-14-5-4-6-15(11-14)19(24-9-2-3-10-24)13-20(25)23-18-12-16(21)7-8-17(18)22/h2-12,19H,13H2,1H3,(H,23,25). The minimum absolute atomic E-state index is 0.105. The lowest BCUT2D eigenvalue weighted by atomic mass is 10.0. The van der Waals surface area contributed by atoms with Gasteiger partial charge in [-0.25, -0.2) is 8.78 Å². The molecule has 2 aromatic carbocycles. The summed E-state index contributed by atoms with van der Waals surface area (Å²) >= 11 is 0. The zero-order valence-electron chi connectivity index (χ0n) is 13.7. The molecule has 1 amide bonds. The van der Waals surface area contributed by atoms with Crippen molar-refractivity contribution in [1.82, 2.24) is 4.57 Å². The molecule has 1 unspecified atom stereocenters. The Bertz CT molecular complexity index is 875. The number of halogens is 2. The number of hydrogen-bond acceptors (Lipinski definition) is 1. The fraction of sp³-hybridized carbons (Fsp3) is 0.150. The first-order valence-electron chi connectivity index (χ1n) is 7.97. The van der Waals surface area contributed by atoms with Crippen molar-refractivity contribution in [2.24, 2.45) is 0 Å². The van der Waals surface area contributed by atoms with Gasteiger partial charge in [0.1, 0.15) is 11.6 Å². The number of nitrogens with zero attached hydrogens (tertiary/aromatic N) is 1. The van der Waals surface area contributed by atoms with Gasteiger partial charge in [0.15, 0.2) is 0 Å². The van der Waals surface area contributed by atoms with Crippen LogP contribution in [0.25, 0.3) is 0 Å². The van der Waals surface area contributed by atoms with Crippen molar-refractivity contribution in [1.29, 1.82) is 0 Å². The molecule has 1 heterocycles. The van der Waals surface area contributed by atoms with Crippen LogP contribution in [-0.4, -0.2) is 10.5 Å². The van der Waals surface area contributed by atoms with E-state index in [9.17, 15) is 13.6 Å². The van der Waals surface area contributed by atoms with Crippen LogP contribution >= 0.6 is 0 Å². The Labute approximate surface area is 144 Å². The minimum Gasteiger partial charge on any atom is -0.346 e. The van der Waals surface area contributed by atoms with Crippen LogP contribution in [-0.2, 0) is 4.79 Å². The molecule has 0 spiro atoms. The molecule has 0 aliphatic rings. The molecule has 0 aliphatic heterocycles. The lowest BCUT2D eigenvalue weighted by Gasteiger charge is -2.20. The van der Waals surface area contributed by atoms with Gasteiger partial charge in [-0.05, 0) is 36.8 Å². The van der Waals surface area contributed by atoms with E-state index in [4.69, 9.17) is 0 Å². The van der Waals surface area contributed by atoms with Crippen LogP contribution in [0.1, 0.15) is 23.6 Å². The quantitative estimate of drug-likeness (QED) is 0.718. The highest BCUT2D eigenvalue weighted by Crippen LogP contribution is 2.24. The third kappa shape index (κ3) is 4.12. The first-order valence-corrected chi connectivity index (χ1v) is 7.97. The third-order valence-electron chi connectivity index (χ3n) is 4.00. The van der Waals surface area contributed by atoms with Gasteiger partial charge in [0.2, 0.25) is 5.91 Å². The molecule has 3 rings (SSSR count). The minimum atomic E-state index is -0.664. The van der Waals surface area contributed by atoms with Crippen molar-refractivity contribution in [2.45, 2.75) is 19.4 Å². The zero-order valence-corrected chi connectivity index (χ0v) is 13.7. The summed E-state index contributed by atoms with van der Waals surface area (Å²) in [4.78, 5) is 12.4. The number of carbonyl (C=O) groups is 1. The highest BCUT2D eigenvalue weighted by molar-refractivity contribution is 5.91. The van der Waals surface area contributed by atoms with E-state index in [1.165, 1.54) is 0 Å². The molecule has 1 atom stereocenters. The average molecular weight is 340 g/mol. The Morgan fingerprint density at radius 1 is 1.08 bits per heavy atom. The predicted octanol–water partition coefficient (Wildman–Crippen LogP) is 4.69. The van der Waals surface area contributed by atoms with Crippen molar-refractivity contribution >= 4 is 11.6 Å². The van der Waals surface area contributed by atoms with E-state index in [-0.39, 0.29) is 24.1 Å². The number of hydrogen-bond donors (Lipinski definition) is 1. The molecule has 25 heavy (non-hydrogen) atoms. The normalized spacial score (nSPS) is 12.0. The van der Waals surface area contributed by atoms with E-state index in [1.54, 1.807) is 0 Å². The van der Waals surface area contributed by atoms with Crippen LogP contribution < -0.4 is 5.32 Å². The van der Waals surface area contributed by atoms with Crippen molar-refractivity contribution in [3.05, 3.63) is 89.8 Å². The highest BCUT2D eigenvalue weighted by Gasteiger charge is 2.18. The van der Waals surface area contributed by atoms with Gasteiger partial charge in [0.25, 0.3) is 0 Å². The second-order valence-electron chi connectivity index (χ2n) is 5.94. The molecular formula is C20H18F2N2O. The first kappa shape index (κ1) is 16.9. The summed E-state index contributed by atoms with van der Waals surface area (Å²) in [6, 6.07) is 14.4. The molecule has 128 valence electrons. The van der Waals surface area contributed by atoms with Gasteiger partial charge in [-0.2, -0.15) is 0 Å². The summed E-state index contributed by atoms with van der Waals surface area (Å²) in [6.45, 7) is 1.98. The Hall–Kier alpha value is -2.95. The summed E-state index contributed by atoms with van der Waals surface area (Å²) < 4.78 is 28.9. The number of aromatic nitrogens is 1. The molecule has 1 N–H and O–H groups in total. The highest BCUT2D eigenvalue weighted by atomic mass is 19.1. The Morgan fingerprint density at radius 2 is 1.84 bits per heavy atom. The van der Waals surface area contributed by atoms with E-state index >= 15 is 0 Å². The maximum atomic E-state index is 13.7. The lowest BCUT2D eigenvalue weighted by Crippen LogP contribution is -2.20. The lowest BCUT2D eigenvalue weighted by molar-refractivity contribution is -0.116.